The number of benzene rings is 1. The molecular weight excluding hydrogens is 347 g/mol. The van der Waals surface area contributed by atoms with Crippen LogP contribution in [0.3, 0.4) is 0 Å². The maximum Gasteiger partial charge on any atom is 0.471 e. The number of nitrogens with zero attached hydrogens (tertiary/aromatic N) is 1. The van der Waals surface area contributed by atoms with Crippen molar-refractivity contribution in [2.24, 2.45) is 0 Å². The van der Waals surface area contributed by atoms with Crippen LogP contribution in [-0.4, -0.2) is 41.5 Å². The Bertz CT molecular complexity index is 709. The number of ketones is 1. The maximum absolute atomic E-state index is 12.5. The van der Waals surface area contributed by atoms with Crippen LogP contribution in [0.25, 0.3) is 0 Å². The van der Waals surface area contributed by atoms with E-state index >= 15 is 0 Å². The largest absolute Gasteiger partial charge is 0.486 e. The fraction of sp³-hybridized carbons (Fsp3) is 0.500. The molecule has 4 nitrogen and oxygen atoms in total. The van der Waals surface area contributed by atoms with Crippen LogP contribution in [0.4, 0.5) is 13.2 Å². The van der Waals surface area contributed by atoms with Crippen molar-refractivity contribution in [3.05, 3.63) is 28.3 Å². The molecule has 2 aliphatic heterocycles. The molecule has 1 fully saturated rings. The molecule has 2 aliphatic rings. The minimum Gasteiger partial charge on any atom is -0.486 e. The molecule has 8 heteroatoms. The van der Waals surface area contributed by atoms with Gasteiger partial charge in [-0.2, -0.15) is 13.2 Å². The molecule has 0 radical (unpaired) electrons. The fourth-order valence-electron chi connectivity index (χ4n) is 3.19. The summed E-state index contributed by atoms with van der Waals surface area (Å²) >= 11 is 6.03. The lowest BCUT2D eigenvalue weighted by Crippen LogP contribution is -2.54. The predicted octanol–water partition coefficient (Wildman–Crippen LogP) is 3.54. The number of Topliss-reactive ketones (excluding diaryl/α,β-unsaturated/α-hetero) is 1. The van der Waals surface area contributed by atoms with E-state index in [9.17, 15) is 22.8 Å². The van der Waals surface area contributed by atoms with Crippen molar-refractivity contribution in [2.45, 2.75) is 38.0 Å². The van der Waals surface area contributed by atoms with Gasteiger partial charge >= 0.3 is 12.1 Å². The summed E-state index contributed by atoms with van der Waals surface area (Å²) in [6.45, 7) is 1.60. The van der Waals surface area contributed by atoms with Gasteiger partial charge in [-0.05, 0) is 24.6 Å². The van der Waals surface area contributed by atoms with E-state index in [0.29, 0.717) is 16.3 Å². The molecule has 3 rings (SSSR count). The number of piperidine rings is 1. The van der Waals surface area contributed by atoms with Crippen molar-refractivity contribution >= 4 is 23.3 Å². The van der Waals surface area contributed by atoms with E-state index < -0.39 is 17.7 Å². The standard InChI is InChI=1S/C16H15ClF3NO3/c1-9-6-13-10(7-11(9)17)12(22)8-15(24-13)2-4-21(5-3-15)14(23)16(18,19)20/h6-7H,2-5,8H2,1H3. The zero-order valence-electron chi connectivity index (χ0n) is 12.9. The van der Waals surface area contributed by atoms with Crippen molar-refractivity contribution in [1.82, 2.24) is 4.90 Å². The number of hydrogen-bond donors (Lipinski definition) is 0. The van der Waals surface area contributed by atoms with E-state index in [1.165, 1.54) is 0 Å². The Hall–Kier alpha value is -1.76. The fourth-order valence-corrected chi connectivity index (χ4v) is 3.35. The number of carbonyl (C=O) groups is 2. The molecule has 0 aromatic heterocycles. The summed E-state index contributed by atoms with van der Waals surface area (Å²) in [7, 11) is 0. The van der Waals surface area contributed by atoms with Crippen LogP contribution < -0.4 is 4.74 Å². The molecule has 1 aromatic carbocycles. The highest BCUT2D eigenvalue weighted by atomic mass is 35.5. The highest BCUT2D eigenvalue weighted by Gasteiger charge is 2.48. The van der Waals surface area contributed by atoms with E-state index in [-0.39, 0.29) is 38.1 Å². The first-order valence-corrected chi connectivity index (χ1v) is 7.88. The zero-order valence-corrected chi connectivity index (χ0v) is 13.6. The van der Waals surface area contributed by atoms with Gasteiger partial charge in [-0.3, -0.25) is 9.59 Å². The first-order valence-electron chi connectivity index (χ1n) is 7.50. The van der Waals surface area contributed by atoms with Crippen LogP contribution in [0.1, 0.15) is 35.2 Å². The van der Waals surface area contributed by atoms with Gasteiger partial charge in [0.15, 0.2) is 5.78 Å². The van der Waals surface area contributed by atoms with Gasteiger partial charge in [-0.1, -0.05) is 11.6 Å². The third-order valence-corrected chi connectivity index (χ3v) is 4.98. The molecule has 1 spiro atoms. The number of alkyl halides is 3. The third kappa shape index (κ3) is 2.97. The molecule has 0 aliphatic carbocycles. The molecule has 24 heavy (non-hydrogen) atoms. The van der Waals surface area contributed by atoms with Crippen LogP contribution in [0.15, 0.2) is 12.1 Å². The molecule has 0 bridgehead atoms. The van der Waals surface area contributed by atoms with Gasteiger partial charge in [0.1, 0.15) is 11.4 Å². The quantitative estimate of drug-likeness (QED) is 0.710. The molecular formula is C16H15ClF3NO3. The lowest BCUT2D eigenvalue weighted by molar-refractivity contribution is -0.188. The Morgan fingerprint density at radius 2 is 1.92 bits per heavy atom. The maximum atomic E-state index is 12.5. The smallest absolute Gasteiger partial charge is 0.471 e. The summed E-state index contributed by atoms with van der Waals surface area (Å²) < 4.78 is 43.5. The van der Waals surface area contributed by atoms with E-state index in [0.717, 1.165) is 10.5 Å². The van der Waals surface area contributed by atoms with Gasteiger partial charge in [-0.25, -0.2) is 0 Å². The normalized spacial score (nSPS) is 19.9. The number of ether oxygens (including phenoxy) is 1. The predicted molar refractivity (Wildman–Crippen MR) is 80.4 cm³/mol. The monoisotopic (exact) mass is 361 g/mol. The average molecular weight is 362 g/mol. The molecule has 0 saturated carbocycles. The Labute approximate surface area is 141 Å². The summed E-state index contributed by atoms with van der Waals surface area (Å²) in [5, 5.41) is 0.465. The van der Waals surface area contributed by atoms with Gasteiger partial charge in [0.05, 0.1) is 12.0 Å². The van der Waals surface area contributed by atoms with Crippen molar-refractivity contribution < 1.29 is 27.5 Å². The molecule has 0 atom stereocenters. The van der Waals surface area contributed by atoms with Gasteiger partial charge in [0.25, 0.3) is 0 Å². The zero-order chi connectivity index (χ0) is 17.7. The minimum atomic E-state index is -4.88. The lowest BCUT2D eigenvalue weighted by Gasteiger charge is -2.44. The number of halogens is 4. The Morgan fingerprint density at radius 3 is 2.50 bits per heavy atom. The first kappa shape index (κ1) is 17.1. The molecule has 1 amide bonds. The first-order chi connectivity index (χ1) is 11.1. The molecule has 0 unspecified atom stereocenters. The van der Waals surface area contributed by atoms with E-state index in [1.54, 1.807) is 19.1 Å². The SMILES string of the molecule is Cc1cc2c(cc1Cl)C(=O)CC1(CCN(C(=O)C(F)(F)F)CC1)O2. The summed E-state index contributed by atoms with van der Waals surface area (Å²) in [5.74, 6) is -1.58. The number of rotatable bonds is 0. The van der Waals surface area contributed by atoms with Crippen LogP contribution in [0.5, 0.6) is 5.75 Å². The van der Waals surface area contributed by atoms with Crippen LogP contribution >= 0.6 is 11.6 Å². The lowest BCUT2D eigenvalue weighted by atomic mass is 9.82. The molecule has 1 aromatic rings. The van der Waals surface area contributed by atoms with E-state index in [1.807, 2.05) is 0 Å². The van der Waals surface area contributed by atoms with Gasteiger partial charge in [-0.15, -0.1) is 0 Å². The second-order valence-corrected chi connectivity index (χ2v) is 6.68. The van der Waals surface area contributed by atoms with Crippen LogP contribution in [-0.2, 0) is 4.79 Å². The summed E-state index contributed by atoms with van der Waals surface area (Å²) in [5.41, 5.74) is 0.294. The summed E-state index contributed by atoms with van der Waals surface area (Å²) in [6.07, 6.45) is -4.44. The molecule has 2 heterocycles. The van der Waals surface area contributed by atoms with Crippen molar-refractivity contribution in [1.29, 1.82) is 0 Å². The second-order valence-electron chi connectivity index (χ2n) is 6.27. The van der Waals surface area contributed by atoms with Gasteiger partial charge in [0, 0.05) is 31.0 Å². The van der Waals surface area contributed by atoms with E-state index in [4.69, 9.17) is 16.3 Å². The van der Waals surface area contributed by atoms with Crippen molar-refractivity contribution in [3.8, 4) is 5.75 Å². The number of likely N-dealkylation sites (tertiary alicyclic amines) is 1. The topological polar surface area (TPSA) is 46.6 Å². The number of hydrogen-bond acceptors (Lipinski definition) is 3. The number of fused-ring (bicyclic) bond motifs is 1. The Balaban J connectivity index is 1.79. The minimum absolute atomic E-state index is 0.0768. The number of amides is 1. The molecule has 1 saturated heterocycles. The molecule has 0 N–H and O–H groups in total. The second kappa shape index (κ2) is 5.65. The van der Waals surface area contributed by atoms with Crippen molar-refractivity contribution in [3.63, 3.8) is 0 Å². The number of aryl methyl sites for hydroxylation is 1. The summed E-state index contributed by atoms with van der Waals surface area (Å²) in [4.78, 5) is 24.5. The average Bonchev–Trinajstić information content (AvgIpc) is 2.49. The highest BCUT2D eigenvalue weighted by molar-refractivity contribution is 6.31. The number of carbonyl (C=O) groups excluding carboxylic acids is 2. The van der Waals surface area contributed by atoms with Crippen molar-refractivity contribution in [2.75, 3.05) is 13.1 Å². The van der Waals surface area contributed by atoms with Crippen LogP contribution in [0, 0.1) is 6.92 Å². The van der Waals surface area contributed by atoms with Gasteiger partial charge in [0.2, 0.25) is 0 Å². The Kier molecular flexibility index (Phi) is 4.02. The Morgan fingerprint density at radius 1 is 1.29 bits per heavy atom. The van der Waals surface area contributed by atoms with E-state index in [2.05, 4.69) is 0 Å². The highest BCUT2D eigenvalue weighted by Crippen LogP contribution is 2.41. The molecule has 130 valence electrons. The summed E-state index contributed by atoms with van der Waals surface area (Å²) in [6, 6.07) is 3.23. The van der Waals surface area contributed by atoms with Crippen LogP contribution in [0.2, 0.25) is 5.02 Å². The van der Waals surface area contributed by atoms with Gasteiger partial charge < -0.3 is 9.64 Å². The third-order valence-electron chi connectivity index (χ3n) is 4.57.